The summed E-state index contributed by atoms with van der Waals surface area (Å²) >= 11 is 0. The van der Waals surface area contributed by atoms with Gasteiger partial charge in [0.05, 0.1) is 0 Å². The Bertz CT molecular complexity index is 812. The Kier molecular flexibility index (Phi) is 21.8. The summed E-state index contributed by atoms with van der Waals surface area (Å²) in [6, 6.07) is 0. The van der Waals surface area contributed by atoms with E-state index in [-0.39, 0.29) is 0 Å². The molecule has 302 valence electrons. The van der Waals surface area contributed by atoms with Crippen LogP contribution in [0.3, 0.4) is 0 Å². The van der Waals surface area contributed by atoms with Crippen molar-refractivity contribution in [3.63, 3.8) is 0 Å². The molecule has 0 saturated carbocycles. The molecule has 0 aromatic carbocycles. The predicted octanol–water partition coefficient (Wildman–Crippen LogP) is 16.3. The first-order valence-corrected chi connectivity index (χ1v) is 22.7. The number of hydrogen-bond acceptors (Lipinski definition) is 0. The summed E-state index contributed by atoms with van der Waals surface area (Å²) < 4.78 is 0. The van der Waals surface area contributed by atoms with Crippen LogP contribution < -0.4 is 0 Å². The maximum atomic E-state index is 2.60. The van der Waals surface area contributed by atoms with Gasteiger partial charge >= 0.3 is 0 Å². The van der Waals surface area contributed by atoms with E-state index >= 15 is 0 Å². The molecule has 0 saturated heterocycles. The fourth-order valence-corrected chi connectivity index (χ4v) is 10.8. The van der Waals surface area contributed by atoms with E-state index in [0.717, 1.165) is 142 Å². The molecule has 0 aromatic rings. The summed E-state index contributed by atoms with van der Waals surface area (Å²) in [5.74, 6) is 17.9. The van der Waals surface area contributed by atoms with Crippen molar-refractivity contribution in [3.8, 4) is 0 Å². The molecule has 0 aliphatic rings. The maximum absolute atomic E-state index is 2.60. The van der Waals surface area contributed by atoms with Crippen molar-refractivity contribution in [2.75, 3.05) is 0 Å². The third-order valence-corrected chi connectivity index (χ3v) is 19.5. The van der Waals surface area contributed by atoms with Crippen LogP contribution in [-0.4, -0.2) is 0 Å². The second kappa shape index (κ2) is 21.8. The summed E-state index contributed by atoms with van der Waals surface area (Å²) in [6.07, 6.45) is 0. The highest BCUT2D eigenvalue weighted by molar-refractivity contribution is 4.88. The molecule has 22 unspecified atom stereocenters. The van der Waals surface area contributed by atoms with Crippen molar-refractivity contribution in [2.45, 2.75) is 180 Å². The fourth-order valence-electron chi connectivity index (χ4n) is 10.8. The van der Waals surface area contributed by atoms with Gasteiger partial charge in [0.2, 0.25) is 0 Å². The van der Waals surface area contributed by atoms with Gasteiger partial charge in [0.15, 0.2) is 0 Å². The van der Waals surface area contributed by atoms with Crippen LogP contribution in [0.2, 0.25) is 0 Å². The highest BCUT2D eigenvalue weighted by Gasteiger charge is 2.39. The molecule has 0 heterocycles. The molecule has 22 atom stereocenters. The first-order valence-electron chi connectivity index (χ1n) is 22.7. The van der Waals surface area contributed by atoms with E-state index in [1.54, 1.807) is 0 Å². The quantitative estimate of drug-likeness (QED) is 0.0994. The molecule has 0 aliphatic heterocycles. The first-order chi connectivity index (χ1) is 22.7. The zero-order valence-corrected chi connectivity index (χ0v) is 39.9. The van der Waals surface area contributed by atoms with Gasteiger partial charge in [-0.25, -0.2) is 0 Å². The summed E-state index contributed by atoms with van der Waals surface area (Å²) in [4.78, 5) is 0. The molecule has 0 N–H and O–H groups in total. The molecule has 0 aliphatic carbocycles. The van der Waals surface area contributed by atoms with Crippen LogP contribution >= 0.6 is 0 Å². The largest absolute Gasteiger partial charge is 0.0625 e. The van der Waals surface area contributed by atoms with Crippen LogP contribution in [0.25, 0.3) is 0 Å². The van der Waals surface area contributed by atoms with E-state index in [1.165, 1.54) is 0 Å². The Hall–Kier alpha value is 0. The SMILES string of the molecule is CC(C)C(C)C(C)C(C)C(C)C(C)C(C)C(C)C(C)C(C)C(C)C(C)C(C)C(C)C(C)C(C)C(C)C(C)C(C)C(C)C(C)C(C)C(C)C(C)C. The Morgan fingerprint density at radius 3 is 0.220 bits per heavy atom. The van der Waals surface area contributed by atoms with Gasteiger partial charge in [-0.3, -0.25) is 0 Å². The van der Waals surface area contributed by atoms with Crippen molar-refractivity contribution in [1.29, 1.82) is 0 Å². The minimum absolute atomic E-state index is 0.728. The van der Waals surface area contributed by atoms with Crippen LogP contribution in [-0.2, 0) is 0 Å². The third-order valence-electron chi connectivity index (χ3n) is 19.5. The summed E-state index contributed by atoms with van der Waals surface area (Å²) in [5.41, 5.74) is 0. The average molecular weight is 703 g/mol. The smallest absolute Gasteiger partial charge is 0.0386 e. The zero-order valence-electron chi connectivity index (χ0n) is 39.9. The summed E-state index contributed by atoms with van der Waals surface area (Å²) in [5, 5.41) is 0. The second-order valence-corrected chi connectivity index (χ2v) is 21.4. The molecule has 0 nitrogen and oxygen atoms in total. The molecule has 0 bridgehead atoms. The number of rotatable bonds is 23. The Labute approximate surface area is 321 Å². The molecule has 0 amide bonds. The molecule has 0 radical (unpaired) electrons. The zero-order chi connectivity index (χ0) is 39.9. The molecule has 0 rings (SSSR count). The van der Waals surface area contributed by atoms with E-state index in [4.69, 9.17) is 0 Å². The molecule has 0 fully saturated rings. The van der Waals surface area contributed by atoms with Crippen molar-refractivity contribution >= 4 is 0 Å². The lowest BCUT2D eigenvalue weighted by Gasteiger charge is -2.44. The van der Waals surface area contributed by atoms with Gasteiger partial charge in [0, 0.05) is 0 Å². The van der Waals surface area contributed by atoms with Gasteiger partial charge in [-0.15, -0.1) is 0 Å². The van der Waals surface area contributed by atoms with Gasteiger partial charge in [-0.2, -0.15) is 0 Å². The molecular formula is C50H102. The number of hydrogen-bond donors (Lipinski definition) is 0. The predicted molar refractivity (Wildman–Crippen MR) is 231 cm³/mol. The average Bonchev–Trinajstić information content (AvgIpc) is 3.10. The van der Waals surface area contributed by atoms with E-state index < -0.39 is 0 Å². The van der Waals surface area contributed by atoms with E-state index in [0.29, 0.717) is 0 Å². The van der Waals surface area contributed by atoms with Crippen molar-refractivity contribution in [3.05, 3.63) is 0 Å². The standard InChI is InChI=1S/C50H102/c1-27(2)29(5)31(7)33(9)35(11)37(13)39(15)41(17)43(19)45(21)47(23)49(25)50(26)48(24)46(22)44(20)42(18)40(16)38(14)36(12)34(10)32(8)30(6)28(3)4/h27-50H,1-26H3. The van der Waals surface area contributed by atoms with Crippen LogP contribution in [0, 0.1) is 142 Å². The second-order valence-electron chi connectivity index (χ2n) is 21.4. The van der Waals surface area contributed by atoms with E-state index in [1.807, 2.05) is 0 Å². The fraction of sp³-hybridized carbons (Fsp3) is 1.00. The Balaban J connectivity index is 5.56. The van der Waals surface area contributed by atoms with Crippen LogP contribution in [0.1, 0.15) is 180 Å². The minimum Gasteiger partial charge on any atom is -0.0625 e. The Morgan fingerprint density at radius 2 is 0.160 bits per heavy atom. The van der Waals surface area contributed by atoms with Crippen LogP contribution in [0.4, 0.5) is 0 Å². The minimum atomic E-state index is 0.728. The van der Waals surface area contributed by atoms with Gasteiger partial charge in [0.25, 0.3) is 0 Å². The monoisotopic (exact) mass is 703 g/mol. The van der Waals surface area contributed by atoms with Crippen molar-refractivity contribution in [2.24, 2.45) is 142 Å². The first kappa shape index (κ1) is 50.0. The van der Waals surface area contributed by atoms with E-state index in [2.05, 4.69) is 180 Å². The van der Waals surface area contributed by atoms with Crippen LogP contribution in [0.15, 0.2) is 0 Å². The lowest BCUT2D eigenvalue weighted by atomic mass is 9.61. The lowest BCUT2D eigenvalue weighted by Crippen LogP contribution is -2.38. The van der Waals surface area contributed by atoms with Crippen molar-refractivity contribution in [1.82, 2.24) is 0 Å². The Morgan fingerprint density at radius 1 is 0.100 bits per heavy atom. The molecular weight excluding hydrogens is 601 g/mol. The third kappa shape index (κ3) is 12.5. The highest BCUT2D eigenvalue weighted by Crippen LogP contribution is 2.46. The summed E-state index contributed by atoms with van der Waals surface area (Å²) in [6.45, 7) is 66.1. The lowest BCUT2D eigenvalue weighted by molar-refractivity contribution is 0.0424. The highest BCUT2D eigenvalue weighted by atomic mass is 14.4. The molecule has 0 aromatic heterocycles. The van der Waals surface area contributed by atoms with Gasteiger partial charge < -0.3 is 0 Å². The molecule has 0 heteroatoms. The van der Waals surface area contributed by atoms with Gasteiger partial charge in [-0.05, 0) is 142 Å². The maximum Gasteiger partial charge on any atom is -0.0386 e. The molecule has 0 spiro atoms. The topological polar surface area (TPSA) is 0 Å². The normalized spacial score (nSPS) is 26.4. The van der Waals surface area contributed by atoms with Gasteiger partial charge in [-0.1, -0.05) is 180 Å². The van der Waals surface area contributed by atoms with Crippen LogP contribution in [0.5, 0.6) is 0 Å². The van der Waals surface area contributed by atoms with E-state index in [9.17, 15) is 0 Å². The summed E-state index contributed by atoms with van der Waals surface area (Å²) in [7, 11) is 0. The van der Waals surface area contributed by atoms with Crippen molar-refractivity contribution < 1.29 is 0 Å². The molecule has 50 heavy (non-hydrogen) atoms. The van der Waals surface area contributed by atoms with Gasteiger partial charge in [0.1, 0.15) is 0 Å².